The maximum atomic E-state index is 13.9. The first-order valence-corrected chi connectivity index (χ1v) is 13.8. The van der Waals surface area contributed by atoms with Gasteiger partial charge in [0.2, 0.25) is 0 Å². The number of methoxy groups -OCH3 is 2. The molecule has 7 nitrogen and oxygen atoms in total. The lowest BCUT2D eigenvalue weighted by molar-refractivity contribution is 0.175. The average molecular weight is 549 g/mol. The van der Waals surface area contributed by atoms with Crippen LogP contribution in [0.3, 0.4) is 0 Å². The fourth-order valence-corrected chi connectivity index (χ4v) is 5.84. The van der Waals surface area contributed by atoms with E-state index >= 15 is 0 Å². The van der Waals surface area contributed by atoms with Gasteiger partial charge in [0.25, 0.3) is 0 Å². The van der Waals surface area contributed by atoms with E-state index in [0.717, 1.165) is 29.7 Å². The molecule has 2 aromatic heterocycles. The standard InChI is InChI=1S/C34H32N2O5/c1-21(2)35-17-11-10-16-26(35)31-29(39-3)19-30(40-4)32-27(37)18-28(41-34(31)32)24-20-36(22-12-6-5-7-13-22)25-15-9-8-14-23(25)33(24)38/h5-10,12-16,18-21,26H,11,17H2,1-4H3. The second-order valence-electron chi connectivity index (χ2n) is 10.5. The first-order chi connectivity index (χ1) is 19.9. The number of ether oxygens (including phenoxy) is 2. The molecular weight excluding hydrogens is 516 g/mol. The largest absolute Gasteiger partial charge is 0.496 e. The van der Waals surface area contributed by atoms with Crippen molar-refractivity contribution in [3.63, 3.8) is 0 Å². The van der Waals surface area contributed by atoms with Gasteiger partial charge in [-0.15, -0.1) is 0 Å². The number of aromatic nitrogens is 1. The number of benzene rings is 3. The van der Waals surface area contributed by atoms with Gasteiger partial charge < -0.3 is 18.5 Å². The lowest BCUT2D eigenvalue weighted by Crippen LogP contribution is -2.36. The first kappa shape index (κ1) is 26.6. The number of hydrogen-bond acceptors (Lipinski definition) is 6. The number of rotatable bonds is 6. The van der Waals surface area contributed by atoms with Gasteiger partial charge in [0.05, 0.1) is 36.9 Å². The predicted molar refractivity (Wildman–Crippen MR) is 162 cm³/mol. The molecule has 0 amide bonds. The van der Waals surface area contributed by atoms with E-state index in [9.17, 15) is 9.59 Å². The van der Waals surface area contributed by atoms with Crippen LogP contribution in [0.1, 0.15) is 31.9 Å². The highest BCUT2D eigenvalue weighted by Gasteiger charge is 2.31. The van der Waals surface area contributed by atoms with Crippen molar-refractivity contribution in [2.75, 3.05) is 20.8 Å². The van der Waals surface area contributed by atoms with Crippen LogP contribution < -0.4 is 20.3 Å². The second kappa shape index (κ2) is 10.7. The van der Waals surface area contributed by atoms with Crippen LogP contribution in [0.4, 0.5) is 0 Å². The zero-order valence-electron chi connectivity index (χ0n) is 23.6. The van der Waals surface area contributed by atoms with Gasteiger partial charge in [-0.1, -0.05) is 42.5 Å². The molecule has 0 radical (unpaired) electrons. The Kier molecular flexibility index (Phi) is 6.97. The molecule has 6 rings (SSSR count). The highest BCUT2D eigenvalue weighted by atomic mass is 16.5. The van der Waals surface area contributed by atoms with Crippen molar-refractivity contribution in [3.05, 3.63) is 111 Å². The monoisotopic (exact) mass is 548 g/mol. The molecule has 3 aromatic carbocycles. The first-order valence-electron chi connectivity index (χ1n) is 13.8. The molecule has 0 N–H and O–H groups in total. The van der Waals surface area contributed by atoms with Crippen molar-refractivity contribution in [1.82, 2.24) is 9.47 Å². The summed E-state index contributed by atoms with van der Waals surface area (Å²) < 4.78 is 20.1. The summed E-state index contributed by atoms with van der Waals surface area (Å²) >= 11 is 0. The molecule has 0 bridgehead atoms. The van der Waals surface area contributed by atoms with Crippen LogP contribution in [0.5, 0.6) is 11.5 Å². The molecule has 0 spiro atoms. The summed E-state index contributed by atoms with van der Waals surface area (Å²) in [6.07, 6.45) is 6.94. The molecule has 208 valence electrons. The van der Waals surface area contributed by atoms with Gasteiger partial charge in [0.15, 0.2) is 16.4 Å². The van der Waals surface area contributed by atoms with Crippen LogP contribution in [0, 0.1) is 0 Å². The molecule has 1 unspecified atom stereocenters. The summed E-state index contributed by atoms with van der Waals surface area (Å²) in [5.41, 5.74) is 2.52. The van der Waals surface area contributed by atoms with Crippen LogP contribution in [0.2, 0.25) is 0 Å². The third kappa shape index (κ3) is 4.52. The molecule has 0 fully saturated rings. The van der Waals surface area contributed by atoms with Crippen LogP contribution in [-0.2, 0) is 0 Å². The quantitative estimate of drug-likeness (QED) is 0.226. The highest BCUT2D eigenvalue weighted by molar-refractivity contribution is 5.91. The third-order valence-corrected chi connectivity index (χ3v) is 7.81. The average Bonchev–Trinajstić information content (AvgIpc) is 3.00. The molecule has 3 heterocycles. The van der Waals surface area contributed by atoms with E-state index in [-0.39, 0.29) is 28.7 Å². The Morgan fingerprint density at radius 1 is 0.927 bits per heavy atom. The normalized spacial score (nSPS) is 15.6. The van der Waals surface area contributed by atoms with Crippen molar-refractivity contribution in [2.45, 2.75) is 32.4 Å². The molecule has 0 saturated carbocycles. The van der Waals surface area contributed by atoms with Crippen molar-refractivity contribution >= 4 is 21.9 Å². The van der Waals surface area contributed by atoms with Crippen LogP contribution >= 0.6 is 0 Å². The molecule has 0 saturated heterocycles. The summed E-state index contributed by atoms with van der Waals surface area (Å²) in [4.78, 5) is 30.0. The Bertz CT molecular complexity index is 1900. The summed E-state index contributed by atoms with van der Waals surface area (Å²) in [5, 5.41) is 0.847. The number of nitrogens with zero attached hydrogens (tertiary/aromatic N) is 2. The van der Waals surface area contributed by atoms with Gasteiger partial charge in [-0.3, -0.25) is 14.5 Å². The van der Waals surface area contributed by atoms with Crippen molar-refractivity contribution in [3.8, 4) is 28.5 Å². The Labute approximate surface area is 237 Å². The van der Waals surface area contributed by atoms with E-state index in [0.29, 0.717) is 33.4 Å². The summed E-state index contributed by atoms with van der Waals surface area (Å²) in [5.74, 6) is 1.10. The minimum absolute atomic E-state index is 0.190. The lowest BCUT2D eigenvalue weighted by atomic mass is 9.95. The fraction of sp³-hybridized carbons (Fsp3) is 0.235. The van der Waals surface area contributed by atoms with Crippen molar-refractivity contribution in [1.29, 1.82) is 0 Å². The van der Waals surface area contributed by atoms with Gasteiger partial charge in [-0.2, -0.15) is 0 Å². The molecule has 5 aromatic rings. The molecule has 7 heteroatoms. The molecule has 1 atom stereocenters. The van der Waals surface area contributed by atoms with Gasteiger partial charge in [0, 0.05) is 42.0 Å². The van der Waals surface area contributed by atoms with Crippen molar-refractivity contribution < 1.29 is 13.9 Å². The maximum Gasteiger partial charge on any atom is 0.200 e. The number of para-hydroxylation sites is 2. The van der Waals surface area contributed by atoms with E-state index in [2.05, 4.69) is 30.9 Å². The third-order valence-electron chi connectivity index (χ3n) is 7.81. The number of pyridine rings is 1. The molecule has 0 aliphatic carbocycles. The minimum Gasteiger partial charge on any atom is -0.496 e. The molecule has 41 heavy (non-hydrogen) atoms. The summed E-state index contributed by atoms with van der Waals surface area (Å²) in [6, 6.07) is 20.4. The van der Waals surface area contributed by atoms with Gasteiger partial charge in [-0.05, 0) is 44.5 Å². The predicted octanol–water partition coefficient (Wildman–Crippen LogP) is 6.49. The topological polar surface area (TPSA) is 73.9 Å². The van der Waals surface area contributed by atoms with Crippen LogP contribution in [0.15, 0.2) is 99.1 Å². The molecular formula is C34H32N2O5. The summed E-state index contributed by atoms with van der Waals surface area (Å²) in [7, 11) is 3.12. The van der Waals surface area contributed by atoms with Gasteiger partial charge in [0.1, 0.15) is 22.6 Å². The van der Waals surface area contributed by atoms with E-state index in [1.54, 1.807) is 25.4 Å². The van der Waals surface area contributed by atoms with Crippen LogP contribution in [0.25, 0.3) is 38.9 Å². The Balaban J connectivity index is 1.70. The van der Waals surface area contributed by atoms with E-state index in [1.807, 2.05) is 53.1 Å². The molecule has 1 aliphatic rings. The van der Waals surface area contributed by atoms with E-state index in [4.69, 9.17) is 13.9 Å². The van der Waals surface area contributed by atoms with Gasteiger partial charge >= 0.3 is 0 Å². The summed E-state index contributed by atoms with van der Waals surface area (Å²) in [6.45, 7) is 5.14. The Morgan fingerprint density at radius 3 is 2.39 bits per heavy atom. The van der Waals surface area contributed by atoms with Crippen LogP contribution in [-0.4, -0.2) is 36.3 Å². The minimum atomic E-state index is -0.295. The highest BCUT2D eigenvalue weighted by Crippen LogP contribution is 2.43. The SMILES string of the molecule is COc1cc(OC)c2c(=O)cc(-c3cn(-c4ccccc4)c4ccccc4c3=O)oc2c1C1C=CCCN1C(C)C. The lowest BCUT2D eigenvalue weighted by Gasteiger charge is -2.36. The number of hydrogen-bond donors (Lipinski definition) is 0. The zero-order valence-corrected chi connectivity index (χ0v) is 23.6. The smallest absolute Gasteiger partial charge is 0.200 e. The molecule has 1 aliphatic heterocycles. The fourth-order valence-electron chi connectivity index (χ4n) is 5.84. The Hall–Kier alpha value is -4.62. The van der Waals surface area contributed by atoms with E-state index in [1.165, 1.54) is 13.2 Å². The van der Waals surface area contributed by atoms with Crippen molar-refractivity contribution in [2.24, 2.45) is 0 Å². The zero-order chi connectivity index (χ0) is 28.7. The maximum absolute atomic E-state index is 13.9. The number of fused-ring (bicyclic) bond motifs is 2. The van der Waals surface area contributed by atoms with E-state index < -0.39 is 0 Å². The Morgan fingerprint density at radius 2 is 1.66 bits per heavy atom. The van der Waals surface area contributed by atoms with Gasteiger partial charge in [-0.25, -0.2) is 0 Å². The second-order valence-corrected chi connectivity index (χ2v) is 10.5.